The maximum absolute atomic E-state index is 13.0. The van der Waals surface area contributed by atoms with E-state index in [0.717, 1.165) is 60.3 Å². The minimum atomic E-state index is -0.272. The van der Waals surface area contributed by atoms with Crippen LogP contribution in [0.4, 0.5) is 10.1 Å². The van der Waals surface area contributed by atoms with E-state index in [1.165, 1.54) is 25.0 Å². The summed E-state index contributed by atoms with van der Waals surface area (Å²) in [6, 6.07) is 29.6. The van der Waals surface area contributed by atoms with Gasteiger partial charge in [-0.05, 0) is 108 Å². The maximum Gasteiger partial charge on any atom is 0.338 e. The number of hydrogen-bond donors (Lipinski definition) is 0. The molecule has 45 heavy (non-hydrogen) atoms. The molecule has 236 valence electrons. The molecule has 1 unspecified atom stereocenters. The molecular weight excluding hydrogens is 565 g/mol. The summed E-state index contributed by atoms with van der Waals surface area (Å²) in [5, 5.41) is 0. The van der Waals surface area contributed by atoms with Gasteiger partial charge in [0.2, 0.25) is 0 Å². The first-order chi connectivity index (χ1) is 22.0. The van der Waals surface area contributed by atoms with Gasteiger partial charge in [0.1, 0.15) is 17.3 Å². The van der Waals surface area contributed by atoms with Crippen LogP contribution in [0.3, 0.4) is 0 Å². The van der Waals surface area contributed by atoms with Crippen molar-refractivity contribution < 1.29 is 23.4 Å². The van der Waals surface area contributed by atoms with Crippen LogP contribution >= 0.6 is 0 Å². The van der Waals surface area contributed by atoms with Gasteiger partial charge < -0.3 is 14.2 Å². The topological polar surface area (TPSA) is 57.1 Å². The van der Waals surface area contributed by atoms with Crippen LogP contribution in [-0.4, -0.2) is 32.0 Å². The fraction of sp³-hybridized carbons (Fsp3) is 0.333. The van der Waals surface area contributed by atoms with E-state index < -0.39 is 0 Å². The average molecular weight is 610 g/mol. The SMILES string of the molecule is CCC(C)COC(=O)c1ccc(-c2ccc(OCCCCCCCCOc3ccc(C=Nc4ccc(F)cc4)cc3)cc2)cc1. The van der Waals surface area contributed by atoms with Gasteiger partial charge >= 0.3 is 5.97 Å². The van der Waals surface area contributed by atoms with Gasteiger partial charge in [0.05, 0.1) is 31.1 Å². The molecule has 6 heteroatoms. The molecule has 0 N–H and O–H groups in total. The van der Waals surface area contributed by atoms with E-state index in [9.17, 15) is 9.18 Å². The molecule has 0 heterocycles. The quantitative estimate of drug-likeness (QED) is 0.0640. The lowest BCUT2D eigenvalue weighted by atomic mass is 10.0. The molecule has 0 saturated carbocycles. The lowest BCUT2D eigenvalue weighted by molar-refractivity contribution is 0.0447. The van der Waals surface area contributed by atoms with Gasteiger partial charge in [-0.15, -0.1) is 0 Å². The molecule has 0 aliphatic heterocycles. The number of carbonyl (C=O) groups excluding carboxylic acids is 1. The summed E-state index contributed by atoms with van der Waals surface area (Å²) in [7, 11) is 0. The lowest BCUT2D eigenvalue weighted by Crippen LogP contribution is -2.11. The highest BCUT2D eigenvalue weighted by Gasteiger charge is 2.09. The van der Waals surface area contributed by atoms with Crippen LogP contribution in [0.2, 0.25) is 0 Å². The van der Waals surface area contributed by atoms with Crippen LogP contribution in [0.1, 0.15) is 74.7 Å². The molecular formula is C39H44FNO4. The summed E-state index contributed by atoms with van der Waals surface area (Å²) in [6.07, 6.45) is 9.47. The van der Waals surface area contributed by atoms with Crippen LogP contribution in [-0.2, 0) is 4.74 Å². The first-order valence-corrected chi connectivity index (χ1v) is 16.0. The Kier molecular flexibility index (Phi) is 13.7. The monoisotopic (exact) mass is 609 g/mol. The smallest absolute Gasteiger partial charge is 0.338 e. The number of ether oxygens (including phenoxy) is 3. The van der Waals surface area contributed by atoms with E-state index in [1.54, 1.807) is 18.3 Å². The Morgan fingerprint density at radius 2 is 1.22 bits per heavy atom. The summed E-state index contributed by atoms with van der Waals surface area (Å²) >= 11 is 0. The fourth-order valence-electron chi connectivity index (χ4n) is 4.58. The molecule has 0 radical (unpaired) electrons. The number of rotatable bonds is 18. The van der Waals surface area contributed by atoms with E-state index in [0.29, 0.717) is 37.0 Å². The zero-order valence-corrected chi connectivity index (χ0v) is 26.4. The number of benzene rings is 4. The number of aliphatic imine (C=N–C) groups is 1. The van der Waals surface area contributed by atoms with E-state index in [1.807, 2.05) is 72.8 Å². The highest BCUT2D eigenvalue weighted by Crippen LogP contribution is 2.24. The van der Waals surface area contributed by atoms with Gasteiger partial charge in [-0.2, -0.15) is 0 Å². The molecule has 0 amide bonds. The third-order valence-corrected chi connectivity index (χ3v) is 7.65. The molecule has 0 bridgehead atoms. The molecule has 4 rings (SSSR count). The average Bonchev–Trinajstić information content (AvgIpc) is 3.08. The normalized spacial score (nSPS) is 11.8. The van der Waals surface area contributed by atoms with E-state index >= 15 is 0 Å². The van der Waals surface area contributed by atoms with Crippen LogP contribution in [0.5, 0.6) is 11.5 Å². The predicted molar refractivity (Wildman–Crippen MR) is 180 cm³/mol. The summed E-state index contributed by atoms with van der Waals surface area (Å²) in [4.78, 5) is 16.6. The molecule has 0 aliphatic carbocycles. The molecule has 0 fully saturated rings. The van der Waals surface area contributed by atoms with Crippen LogP contribution in [0.25, 0.3) is 11.1 Å². The minimum Gasteiger partial charge on any atom is -0.494 e. The lowest BCUT2D eigenvalue weighted by Gasteiger charge is -2.10. The van der Waals surface area contributed by atoms with Gasteiger partial charge in [-0.3, -0.25) is 4.99 Å². The molecule has 0 saturated heterocycles. The Hall–Kier alpha value is -4.45. The molecule has 4 aromatic carbocycles. The van der Waals surface area contributed by atoms with Crippen molar-refractivity contribution in [3.8, 4) is 22.6 Å². The number of nitrogens with zero attached hydrogens (tertiary/aromatic N) is 1. The molecule has 4 aromatic rings. The van der Waals surface area contributed by atoms with E-state index in [-0.39, 0.29) is 11.8 Å². The highest BCUT2D eigenvalue weighted by atomic mass is 19.1. The Morgan fingerprint density at radius 3 is 1.78 bits per heavy atom. The largest absolute Gasteiger partial charge is 0.494 e. The van der Waals surface area contributed by atoms with Crippen molar-refractivity contribution in [2.75, 3.05) is 19.8 Å². The Balaban J connectivity index is 1.03. The molecule has 5 nitrogen and oxygen atoms in total. The summed E-state index contributed by atoms with van der Waals surface area (Å²) in [5.74, 6) is 1.55. The van der Waals surface area contributed by atoms with Gasteiger partial charge in [0.15, 0.2) is 0 Å². The number of unbranched alkanes of at least 4 members (excludes halogenated alkanes) is 5. The minimum absolute atomic E-state index is 0.265. The second-order valence-electron chi connectivity index (χ2n) is 11.3. The van der Waals surface area contributed by atoms with Gasteiger partial charge in [0.25, 0.3) is 0 Å². The number of esters is 1. The molecule has 0 aliphatic rings. The zero-order valence-electron chi connectivity index (χ0n) is 26.4. The number of hydrogen-bond acceptors (Lipinski definition) is 5. The van der Waals surface area contributed by atoms with Crippen molar-refractivity contribution in [1.82, 2.24) is 0 Å². The third-order valence-electron chi connectivity index (χ3n) is 7.65. The highest BCUT2D eigenvalue weighted by molar-refractivity contribution is 5.90. The third kappa shape index (κ3) is 11.9. The standard InChI is InChI=1S/C39H44FNO4/c1-3-30(2)29-45-39(42)34-14-12-32(13-15-34)33-16-24-38(25-17-33)44-27-9-7-5-4-6-8-26-43-37-22-10-31(11-23-37)28-41-36-20-18-35(40)19-21-36/h10-25,28,30H,3-9,26-27,29H2,1-2H3. The van der Waals surface area contributed by atoms with Crippen LogP contribution in [0.15, 0.2) is 102 Å². The Labute approximate surface area is 267 Å². The first kappa shape index (κ1) is 33.4. The predicted octanol–water partition coefficient (Wildman–Crippen LogP) is 10.2. The van der Waals surface area contributed by atoms with Crippen molar-refractivity contribution >= 4 is 17.9 Å². The maximum atomic E-state index is 13.0. The number of halogens is 1. The Bertz CT molecular complexity index is 1450. The van der Waals surface area contributed by atoms with Crippen molar-refractivity contribution in [3.05, 3.63) is 114 Å². The molecule has 1 atom stereocenters. The summed E-state index contributed by atoms with van der Waals surface area (Å²) in [5.41, 5.74) is 4.38. The van der Waals surface area contributed by atoms with Gasteiger partial charge in [-0.25, -0.2) is 9.18 Å². The van der Waals surface area contributed by atoms with E-state index in [2.05, 4.69) is 18.8 Å². The van der Waals surface area contributed by atoms with Crippen molar-refractivity contribution in [3.63, 3.8) is 0 Å². The fourth-order valence-corrected chi connectivity index (χ4v) is 4.58. The van der Waals surface area contributed by atoms with Crippen LogP contribution < -0.4 is 9.47 Å². The van der Waals surface area contributed by atoms with Crippen LogP contribution in [0, 0.1) is 11.7 Å². The second kappa shape index (κ2) is 18.4. The first-order valence-electron chi connectivity index (χ1n) is 16.0. The van der Waals surface area contributed by atoms with Crippen molar-refractivity contribution in [2.45, 2.75) is 58.8 Å². The molecule has 0 spiro atoms. The van der Waals surface area contributed by atoms with E-state index in [4.69, 9.17) is 14.2 Å². The zero-order chi connectivity index (χ0) is 31.7. The Morgan fingerprint density at radius 1 is 0.711 bits per heavy atom. The number of carbonyl (C=O) groups is 1. The molecule has 0 aromatic heterocycles. The van der Waals surface area contributed by atoms with Gasteiger partial charge in [-0.1, -0.05) is 70.2 Å². The summed E-state index contributed by atoms with van der Waals surface area (Å²) < 4.78 is 30.2. The van der Waals surface area contributed by atoms with Crippen molar-refractivity contribution in [1.29, 1.82) is 0 Å². The second-order valence-corrected chi connectivity index (χ2v) is 11.3. The van der Waals surface area contributed by atoms with Crippen molar-refractivity contribution in [2.24, 2.45) is 10.9 Å². The summed E-state index contributed by atoms with van der Waals surface area (Å²) in [6.45, 7) is 6.03. The van der Waals surface area contributed by atoms with Gasteiger partial charge in [0, 0.05) is 6.21 Å².